The van der Waals surface area contributed by atoms with E-state index in [1.54, 1.807) is 49.1 Å². The first kappa shape index (κ1) is 26.8. The molecule has 1 aliphatic rings. The van der Waals surface area contributed by atoms with Crippen LogP contribution in [0, 0.1) is 12.7 Å². The third kappa shape index (κ3) is 5.99. The molecule has 0 aromatic heterocycles. The summed E-state index contributed by atoms with van der Waals surface area (Å²) in [6, 6.07) is 20.7. The van der Waals surface area contributed by atoms with Crippen molar-refractivity contribution >= 4 is 17.8 Å². The van der Waals surface area contributed by atoms with Crippen LogP contribution in [0.2, 0.25) is 0 Å². The van der Waals surface area contributed by atoms with Crippen LogP contribution in [-0.4, -0.2) is 29.3 Å². The summed E-state index contributed by atoms with van der Waals surface area (Å²) in [6.45, 7) is 6.21. The molecule has 1 unspecified atom stereocenters. The van der Waals surface area contributed by atoms with Crippen molar-refractivity contribution in [2.45, 2.75) is 46.2 Å². The summed E-state index contributed by atoms with van der Waals surface area (Å²) in [5.41, 5.74) is 4.96. The number of ether oxygens (including phenoxy) is 1. The van der Waals surface area contributed by atoms with Crippen molar-refractivity contribution in [3.8, 4) is 0 Å². The van der Waals surface area contributed by atoms with Crippen LogP contribution in [0.4, 0.5) is 4.39 Å². The fourth-order valence-corrected chi connectivity index (χ4v) is 4.80. The molecule has 0 saturated carbocycles. The Morgan fingerprint density at radius 2 is 1.74 bits per heavy atom. The van der Waals surface area contributed by atoms with Gasteiger partial charge in [0.2, 0.25) is 5.91 Å². The lowest BCUT2D eigenvalue weighted by Gasteiger charge is -2.35. The minimum absolute atomic E-state index is 0.102. The van der Waals surface area contributed by atoms with Crippen LogP contribution in [0.1, 0.15) is 58.8 Å². The highest BCUT2D eigenvalue weighted by Gasteiger charge is 2.37. The zero-order chi connectivity index (χ0) is 27.2. The second-order valence-electron chi connectivity index (χ2n) is 9.32. The molecule has 0 aliphatic carbocycles. The minimum Gasteiger partial charge on any atom is -0.463 e. The maximum Gasteiger partial charge on any atom is 0.336 e. The van der Waals surface area contributed by atoms with Crippen molar-refractivity contribution in [1.82, 2.24) is 10.2 Å². The molecule has 0 spiro atoms. The molecule has 2 amide bonds. The average Bonchev–Trinajstić information content (AvgIpc) is 2.91. The van der Waals surface area contributed by atoms with Crippen LogP contribution >= 0.6 is 0 Å². The summed E-state index contributed by atoms with van der Waals surface area (Å²) in [5.74, 6) is -1.52. The first-order chi connectivity index (χ1) is 18.3. The molecule has 1 atom stereocenters. The van der Waals surface area contributed by atoms with Crippen molar-refractivity contribution < 1.29 is 23.5 Å². The van der Waals surface area contributed by atoms with Crippen LogP contribution in [-0.2, 0) is 27.4 Å². The second-order valence-corrected chi connectivity index (χ2v) is 9.32. The smallest absolute Gasteiger partial charge is 0.336 e. The highest BCUT2D eigenvalue weighted by molar-refractivity contribution is 5.96. The van der Waals surface area contributed by atoms with E-state index in [2.05, 4.69) is 5.32 Å². The zero-order valence-electron chi connectivity index (χ0n) is 21.8. The van der Waals surface area contributed by atoms with E-state index in [4.69, 9.17) is 4.74 Å². The lowest BCUT2D eigenvalue weighted by Crippen LogP contribution is -2.38. The zero-order valence-corrected chi connectivity index (χ0v) is 21.8. The second kappa shape index (κ2) is 11.9. The van der Waals surface area contributed by atoms with E-state index >= 15 is 0 Å². The van der Waals surface area contributed by atoms with Gasteiger partial charge in [0.1, 0.15) is 5.82 Å². The Bertz CT molecular complexity index is 1380. The maximum atomic E-state index is 13.4. The summed E-state index contributed by atoms with van der Waals surface area (Å²) >= 11 is 0. The molecule has 0 fully saturated rings. The quantitative estimate of drug-likeness (QED) is 0.408. The van der Waals surface area contributed by atoms with E-state index in [1.807, 2.05) is 37.3 Å². The molecule has 196 valence electrons. The molecule has 0 radical (unpaired) electrons. The standard InChI is InChI=1S/C31H31FN2O4/c1-4-38-31(37)29-21(3)34(28(35)17-27(29)26-11-6-5-8-20(26)2)19-23-9-7-10-24(16-23)30(36)33-18-22-12-14-25(32)15-13-22/h5-16,27H,4,17-19H2,1-3H3,(H,33,36). The first-order valence-electron chi connectivity index (χ1n) is 12.6. The van der Waals surface area contributed by atoms with E-state index < -0.39 is 5.97 Å². The van der Waals surface area contributed by atoms with Crippen molar-refractivity contribution in [2.24, 2.45) is 0 Å². The summed E-state index contributed by atoms with van der Waals surface area (Å²) in [7, 11) is 0. The number of hydrogen-bond donors (Lipinski definition) is 1. The van der Waals surface area contributed by atoms with Crippen molar-refractivity contribution in [3.63, 3.8) is 0 Å². The molecule has 1 N–H and O–H groups in total. The number of aryl methyl sites for hydroxylation is 1. The van der Waals surface area contributed by atoms with Gasteiger partial charge in [-0.15, -0.1) is 0 Å². The SMILES string of the molecule is CCOC(=O)C1=C(C)N(Cc2cccc(C(=O)NCc3ccc(F)cc3)c2)C(=O)CC1c1ccccc1C. The monoisotopic (exact) mass is 514 g/mol. The van der Waals surface area contributed by atoms with Gasteiger partial charge < -0.3 is 15.0 Å². The van der Waals surface area contributed by atoms with E-state index in [0.29, 0.717) is 16.8 Å². The molecule has 4 rings (SSSR count). The van der Waals surface area contributed by atoms with Crippen LogP contribution in [0.5, 0.6) is 0 Å². The number of allylic oxidation sites excluding steroid dienone is 1. The molecule has 0 bridgehead atoms. The Hall–Kier alpha value is -4.26. The van der Waals surface area contributed by atoms with Gasteiger partial charge in [-0.1, -0.05) is 48.5 Å². The average molecular weight is 515 g/mol. The molecular weight excluding hydrogens is 483 g/mol. The molecule has 38 heavy (non-hydrogen) atoms. The fraction of sp³-hybridized carbons (Fsp3) is 0.258. The lowest BCUT2D eigenvalue weighted by atomic mass is 9.81. The molecule has 6 nitrogen and oxygen atoms in total. The highest BCUT2D eigenvalue weighted by Crippen LogP contribution is 2.38. The Kier molecular flexibility index (Phi) is 8.36. The predicted octanol–water partition coefficient (Wildman–Crippen LogP) is 5.42. The lowest BCUT2D eigenvalue weighted by molar-refractivity contribution is -0.140. The Morgan fingerprint density at radius 1 is 1.00 bits per heavy atom. The highest BCUT2D eigenvalue weighted by atomic mass is 19.1. The van der Waals surface area contributed by atoms with E-state index in [1.165, 1.54) is 12.1 Å². The molecule has 3 aromatic rings. The van der Waals surface area contributed by atoms with Crippen molar-refractivity contribution in [2.75, 3.05) is 6.61 Å². The van der Waals surface area contributed by atoms with Gasteiger partial charge in [0.05, 0.1) is 18.7 Å². The normalized spacial score (nSPS) is 15.4. The summed E-state index contributed by atoms with van der Waals surface area (Å²) in [6.07, 6.45) is 0.147. The van der Waals surface area contributed by atoms with Gasteiger partial charge in [0, 0.05) is 30.1 Å². The molecular formula is C31H31FN2O4. The van der Waals surface area contributed by atoms with Crippen molar-refractivity contribution in [3.05, 3.63) is 118 Å². The number of nitrogens with zero attached hydrogens (tertiary/aromatic N) is 1. The number of hydrogen-bond acceptors (Lipinski definition) is 4. The Morgan fingerprint density at radius 3 is 2.45 bits per heavy atom. The Balaban J connectivity index is 1.57. The predicted molar refractivity (Wildman–Crippen MR) is 142 cm³/mol. The first-order valence-corrected chi connectivity index (χ1v) is 12.6. The minimum atomic E-state index is -0.426. The van der Waals surface area contributed by atoms with Gasteiger partial charge in [-0.2, -0.15) is 0 Å². The van der Waals surface area contributed by atoms with Gasteiger partial charge in [-0.05, 0) is 67.3 Å². The number of halogens is 1. The van der Waals surface area contributed by atoms with Gasteiger partial charge in [-0.3, -0.25) is 9.59 Å². The number of esters is 1. The van der Waals surface area contributed by atoms with Gasteiger partial charge >= 0.3 is 5.97 Å². The largest absolute Gasteiger partial charge is 0.463 e. The fourth-order valence-electron chi connectivity index (χ4n) is 4.80. The van der Waals surface area contributed by atoms with Crippen molar-refractivity contribution in [1.29, 1.82) is 0 Å². The summed E-state index contributed by atoms with van der Waals surface area (Å²) in [5, 5.41) is 2.84. The Labute approximate surface area is 222 Å². The number of carbonyl (C=O) groups is 3. The van der Waals surface area contributed by atoms with Crippen LogP contribution in [0.3, 0.4) is 0 Å². The number of amides is 2. The van der Waals surface area contributed by atoms with E-state index in [9.17, 15) is 18.8 Å². The van der Waals surface area contributed by atoms with E-state index in [0.717, 1.165) is 22.3 Å². The van der Waals surface area contributed by atoms with Crippen LogP contribution in [0.15, 0.2) is 84.1 Å². The molecule has 0 saturated heterocycles. The van der Waals surface area contributed by atoms with Gasteiger partial charge in [-0.25, -0.2) is 9.18 Å². The summed E-state index contributed by atoms with van der Waals surface area (Å²) < 4.78 is 18.5. The topological polar surface area (TPSA) is 75.7 Å². The molecule has 3 aromatic carbocycles. The number of rotatable bonds is 8. The number of carbonyl (C=O) groups excluding carboxylic acids is 3. The third-order valence-corrected chi connectivity index (χ3v) is 6.78. The maximum absolute atomic E-state index is 13.4. The van der Waals surface area contributed by atoms with Crippen LogP contribution in [0.25, 0.3) is 0 Å². The molecule has 1 aliphatic heterocycles. The number of nitrogens with one attached hydrogen (secondary N) is 1. The van der Waals surface area contributed by atoms with Gasteiger partial charge in [0.25, 0.3) is 5.91 Å². The van der Waals surface area contributed by atoms with Gasteiger partial charge in [0.15, 0.2) is 0 Å². The molecule has 1 heterocycles. The van der Waals surface area contributed by atoms with Crippen LogP contribution < -0.4 is 5.32 Å². The third-order valence-electron chi connectivity index (χ3n) is 6.78. The number of benzene rings is 3. The molecule has 7 heteroatoms. The summed E-state index contributed by atoms with van der Waals surface area (Å²) in [4.78, 5) is 40.8. The van der Waals surface area contributed by atoms with E-state index in [-0.39, 0.29) is 49.7 Å².